The SMILES string of the molecule is Cc1ccc(N(C)C2CCN(C(=O)OC(C)(C)C)CC2)cc1C(=O)O. The summed E-state index contributed by atoms with van der Waals surface area (Å²) in [5, 5.41) is 9.29. The number of hydrogen-bond acceptors (Lipinski definition) is 4. The fourth-order valence-corrected chi connectivity index (χ4v) is 3.03. The Bertz CT molecular complexity index is 643. The van der Waals surface area contributed by atoms with Crippen molar-refractivity contribution in [2.45, 2.75) is 52.2 Å². The quantitative estimate of drug-likeness (QED) is 0.905. The molecule has 0 spiro atoms. The van der Waals surface area contributed by atoms with Crippen molar-refractivity contribution < 1.29 is 19.4 Å². The molecule has 2 rings (SSSR count). The molecule has 0 aliphatic carbocycles. The summed E-state index contributed by atoms with van der Waals surface area (Å²) in [4.78, 5) is 27.3. The summed E-state index contributed by atoms with van der Waals surface area (Å²) < 4.78 is 5.42. The van der Waals surface area contributed by atoms with Crippen molar-refractivity contribution in [3.8, 4) is 0 Å². The maximum Gasteiger partial charge on any atom is 0.410 e. The van der Waals surface area contributed by atoms with Gasteiger partial charge in [-0.25, -0.2) is 9.59 Å². The van der Waals surface area contributed by atoms with Gasteiger partial charge in [0.15, 0.2) is 0 Å². The molecule has 1 aliphatic rings. The standard InChI is InChI=1S/C19H28N2O4/c1-13-6-7-15(12-16(13)17(22)23)20(5)14-8-10-21(11-9-14)18(24)25-19(2,3)4/h6-7,12,14H,8-11H2,1-5H3,(H,22,23). The average Bonchev–Trinajstić information content (AvgIpc) is 2.53. The molecule has 1 heterocycles. The third-order valence-corrected chi connectivity index (χ3v) is 4.52. The molecule has 0 unspecified atom stereocenters. The Balaban J connectivity index is 2.00. The van der Waals surface area contributed by atoms with Gasteiger partial charge in [-0.05, 0) is 58.2 Å². The molecule has 1 saturated heterocycles. The van der Waals surface area contributed by atoms with E-state index in [2.05, 4.69) is 4.90 Å². The topological polar surface area (TPSA) is 70.1 Å². The van der Waals surface area contributed by atoms with Gasteiger partial charge < -0.3 is 19.6 Å². The molecule has 0 saturated carbocycles. The van der Waals surface area contributed by atoms with E-state index in [0.29, 0.717) is 18.7 Å². The number of benzene rings is 1. The van der Waals surface area contributed by atoms with Gasteiger partial charge in [0.2, 0.25) is 0 Å². The van der Waals surface area contributed by atoms with Crippen LogP contribution in [-0.4, -0.2) is 53.8 Å². The maximum absolute atomic E-state index is 12.1. The highest BCUT2D eigenvalue weighted by molar-refractivity contribution is 5.90. The van der Waals surface area contributed by atoms with Crippen LogP contribution in [0.25, 0.3) is 0 Å². The minimum absolute atomic E-state index is 0.267. The molecular formula is C19H28N2O4. The van der Waals surface area contributed by atoms with Gasteiger partial charge >= 0.3 is 12.1 Å². The number of ether oxygens (including phenoxy) is 1. The van der Waals surface area contributed by atoms with E-state index in [1.54, 1.807) is 17.9 Å². The zero-order valence-electron chi connectivity index (χ0n) is 15.7. The van der Waals surface area contributed by atoms with E-state index < -0.39 is 11.6 Å². The van der Waals surface area contributed by atoms with E-state index >= 15 is 0 Å². The number of carbonyl (C=O) groups is 2. The normalized spacial score (nSPS) is 15.8. The van der Waals surface area contributed by atoms with Crippen LogP contribution >= 0.6 is 0 Å². The van der Waals surface area contributed by atoms with Crippen molar-refractivity contribution in [3.05, 3.63) is 29.3 Å². The van der Waals surface area contributed by atoms with Gasteiger partial charge in [0, 0.05) is 31.9 Å². The second-order valence-electron chi connectivity index (χ2n) is 7.61. The van der Waals surface area contributed by atoms with Crippen LogP contribution in [0.5, 0.6) is 0 Å². The summed E-state index contributed by atoms with van der Waals surface area (Å²) in [6.45, 7) is 8.67. The molecule has 1 N–H and O–H groups in total. The van der Waals surface area contributed by atoms with Crippen LogP contribution < -0.4 is 4.90 Å². The van der Waals surface area contributed by atoms with Crippen LogP contribution in [-0.2, 0) is 4.74 Å². The number of piperidine rings is 1. The first-order chi connectivity index (χ1) is 11.6. The zero-order valence-corrected chi connectivity index (χ0v) is 15.7. The number of carboxylic acid groups (broad SMARTS) is 1. The van der Waals surface area contributed by atoms with E-state index in [-0.39, 0.29) is 12.1 Å². The van der Waals surface area contributed by atoms with Crippen molar-refractivity contribution in [3.63, 3.8) is 0 Å². The number of amides is 1. The number of likely N-dealkylation sites (tertiary alicyclic amines) is 1. The zero-order chi connectivity index (χ0) is 18.8. The van der Waals surface area contributed by atoms with Gasteiger partial charge in [-0.3, -0.25) is 0 Å². The maximum atomic E-state index is 12.1. The smallest absolute Gasteiger partial charge is 0.410 e. The van der Waals surface area contributed by atoms with Crippen molar-refractivity contribution in [2.75, 3.05) is 25.0 Å². The van der Waals surface area contributed by atoms with Gasteiger partial charge in [0.05, 0.1) is 5.56 Å². The Morgan fingerprint density at radius 1 is 1.24 bits per heavy atom. The molecule has 1 amide bonds. The van der Waals surface area contributed by atoms with Crippen LogP contribution in [0.4, 0.5) is 10.5 Å². The molecule has 1 fully saturated rings. The van der Waals surface area contributed by atoms with Crippen LogP contribution in [0, 0.1) is 6.92 Å². The highest BCUT2D eigenvalue weighted by Gasteiger charge is 2.28. The van der Waals surface area contributed by atoms with Crippen LogP contribution in [0.1, 0.15) is 49.5 Å². The summed E-state index contributed by atoms with van der Waals surface area (Å²) in [6, 6.07) is 5.77. The van der Waals surface area contributed by atoms with Gasteiger partial charge in [0.1, 0.15) is 5.60 Å². The third kappa shape index (κ3) is 4.87. The van der Waals surface area contributed by atoms with Gasteiger partial charge in [0.25, 0.3) is 0 Å². The Morgan fingerprint density at radius 3 is 2.36 bits per heavy atom. The van der Waals surface area contributed by atoms with Gasteiger partial charge in [-0.15, -0.1) is 0 Å². The van der Waals surface area contributed by atoms with Gasteiger partial charge in [-0.2, -0.15) is 0 Å². The predicted octanol–water partition coefficient (Wildman–Crippen LogP) is 3.53. The molecule has 0 radical (unpaired) electrons. The summed E-state index contributed by atoms with van der Waals surface area (Å²) in [5.74, 6) is -0.910. The second kappa shape index (κ2) is 7.33. The second-order valence-corrected chi connectivity index (χ2v) is 7.61. The number of rotatable bonds is 3. The molecule has 1 aromatic carbocycles. The van der Waals surface area contributed by atoms with Crippen LogP contribution in [0.15, 0.2) is 18.2 Å². The number of carboxylic acids is 1. The lowest BCUT2D eigenvalue weighted by atomic mass is 10.0. The summed E-state index contributed by atoms with van der Waals surface area (Å²) in [5.41, 5.74) is 1.48. The van der Waals surface area contributed by atoms with E-state index in [9.17, 15) is 14.7 Å². The number of hydrogen-bond donors (Lipinski definition) is 1. The molecule has 6 nitrogen and oxygen atoms in total. The first kappa shape index (κ1) is 19.1. The molecule has 1 aliphatic heterocycles. The minimum atomic E-state index is -0.910. The van der Waals surface area contributed by atoms with Crippen molar-refractivity contribution in [2.24, 2.45) is 0 Å². The van der Waals surface area contributed by atoms with Crippen LogP contribution in [0.2, 0.25) is 0 Å². The number of carbonyl (C=O) groups excluding carboxylic acids is 1. The van der Waals surface area contributed by atoms with Crippen molar-refractivity contribution >= 4 is 17.7 Å². The molecule has 25 heavy (non-hydrogen) atoms. The summed E-state index contributed by atoms with van der Waals surface area (Å²) >= 11 is 0. The van der Waals surface area contributed by atoms with E-state index in [4.69, 9.17) is 4.74 Å². The van der Waals surface area contributed by atoms with E-state index in [1.165, 1.54) is 0 Å². The summed E-state index contributed by atoms with van der Waals surface area (Å²) in [6.07, 6.45) is 1.38. The van der Waals surface area contributed by atoms with Crippen LogP contribution in [0.3, 0.4) is 0 Å². The Labute approximate surface area is 149 Å². The molecule has 6 heteroatoms. The lowest BCUT2D eigenvalue weighted by molar-refractivity contribution is 0.0205. The predicted molar refractivity (Wildman–Crippen MR) is 97.4 cm³/mol. The summed E-state index contributed by atoms with van der Waals surface area (Å²) in [7, 11) is 1.98. The largest absolute Gasteiger partial charge is 0.478 e. The molecule has 138 valence electrons. The minimum Gasteiger partial charge on any atom is -0.478 e. The van der Waals surface area contributed by atoms with E-state index in [1.807, 2.05) is 40.0 Å². The first-order valence-corrected chi connectivity index (χ1v) is 8.63. The monoisotopic (exact) mass is 348 g/mol. The first-order valence-electron chi connectivity index (χ1n) is 8.63. The highest BCUT2D eigenvalue weighted by atomic mass is 16.6. The Kier molecular flexibility index (Phi) is 5.60. The number of anilines is 1. The Hall–Kier alpha value is -2.24. The fraction of sp³-hybridized carbons (Fsp3) is 0.579. The van der Waals surface area contributed by atoms with Gasteiger partial charge in [-0.1, -0.05) is 6.07 Å². The molecule has 0 aromatic heterocycles. The third-order valence-electron chi connectivity index (χ3n) is 4.52. The number of nitrogens with zero attached hydrogens (tertiary/aromatic N) is 2. The molecular weight excluding hydrogens is 320 g/mol. The Morgan fingerprint density at radius 2 is 1.84 bits per heavy atom. The highest BCUT2D eigenvalue weighted by Crippen LogP contribution is 2.25. The van der Waals surface area contributed by atoms with Crippen molar-refractivity contribution in [1.82, 2.24) is 4.90 Å². The number of aromatic carboxylic acids is 1. The van der Waals surface area contributed by atoms with E-state index in [0.717, 1.165) is 24.1 Å². The molecule has 1 aromatic rings. The fourth-order valence-electron chi connectivity index (χ4n) is 3.03. The molecule has 0 bridgehead atoms. The lowest BCUT2D eigenvalue weighted by Crippen LogP contribution is -2.47. The number of aryl methyl sites for hydroxylation is 1. The lowest BCUT2D eigenvalue weighted by Gasteiger charge is -2.38. The average molecular weight is 348 g/mol. The molecule has 0 atom stereocenters. The van der Waals surface area contributed by atoms with Crippen molar-refractivity contribution in [1.29, 1.82) is 0 Å².